The predicted octanol–water partition coefficient (Wildman–Crippen LogP) is 4.55. The number of amides is 1. The Labute approximate surface area is 179 Å². The van der Waals surface area contributed by atoms with Crippen LogP contribution >= 0.6 is 0 Å². The summed E-state index contributed by atoms with van der Waals surface area (Å²) < 4.78 is 0. The molecule has 0 saturated heterocycles. The Morgan fingerprint density at radius 1 is 0.839 bits per heavy atom. The number of hydrogen-bond acceptors (Lipinski definition) is 7. The molecule has 0 radical (unpaired) electrons. The van der Waals surface area contributed by atoms with Gasteiger partial charge in [0.05, 0.1) is 0 Å². The van der Waals surface area contributed by atoms with Gasteiger partial charge in [-0.05, 0) is 53.6 Å². The minimum absolute atomic E-state index is 0.279. The van der Waals surface area contributed by atoms with E-state index < -0.39 is 0 Å². The highest BCUT2D eigenvalue weighted by Gasteiger charge is 2.05. The van der Waals surface area contributed by atoms with Gasteiger partial charge >= 0.3 is 0 Å². The average molecular weight is 409 g/mol. The molecule has 0 unspecified atom stereocenters. The molecule has 0 atom stereocenters. The van der Waals surface area contributed by atoms with Crippen LogP contribution in [0.15, 0.2) is 92.0 Å². The van der Waals surface area contributed by atoms with E-state index in [4.69, 9.17) is 0 Å². The van der Waals surface area contributed by atoms with Gasteiger partial charge < -0.3 is 16.0 Å². The van der Waals surface area contributed by atoms with E-state index >= 15 is 0 Å². The van der Waals surface area contributed by atoms with Crippen LogP contribution in [0.25, 0.3) is 11.1 Å². The Bertz CT molecular complexity index is 1190. The smallest absolute Gasteiger partial charge is 0.247 e. The molecule has 8 nitrogen and oxygen atoms in total. The molecule has 1 amide bonds. The SMILES string of the molecule is C=CC(=O)Nc1cccc(Nc2ncnc(Nc3ccc(-c4cccnc4)cc3)n2)c1. The van der Waals surface area contributed by atoms with Gasteiger partial charge in [0.1, 0.15) is 6.33 Å². The molecular weight excluding hydrogens is 390 g/mol. The molecule has 0 saturated carbocycles. The van der Waals surface area contributed by atoms with E-state index in [1.54, 1.807) is 18.3 Å². The molecule has 4 rings (SSSR count). The normalized spacial score (nSPS) is 10.2. The molecule has 2 aromatic heterocycles. The highest BCUT2D eigenvalue weighted by Crippen LogP contribution is 2.22. The second-order valence-corrected chi connectivity index (χ2v) is 6.48. The number of hydrogen-bond donors (Lipinski definition) is 3. The summed E-state index contributed by atoms with van der Waals surface area (Å²) in [6.45, 7) is 3.45. The van der Waals surface area contributed by atoms with Crippen LogP contribution in [0.5, 0.6) is 0 Å². The summed E-state index contributed by atoms with van der Waals surface area (Å²) in [5.41, 5.74) is 4.32. The summed E-state index contributed by atoms with van der Waals surface area (Å²) in [6, 6.07) is 19.0. The lowest BCUT2D eigenvalue weighted by Crippen LogP contribution is -2.07. The molecule has 2 heterocycles. The van der Waals surface area contributed by atoms with E-state index in [-0.39, 0.29) is 5.91 Å². The standard InChI is InChI=1S/C23H19N7O/c1-2-21(31)27-19-6-3-7-20(13-19)29-23-26-15-25-22(30-23)28-18-10-8-16(9-11-18)17-5-4-12-24-14-17/h2-15H,1H2,(H,27,31)(H2,25,26,28,29,30). The van der Waals surface area contributed by atoms with Crippen molar-refractivity contribution in [1.82, 2.24) is 19.9 Å². The van der Waals surface area contributed by atoms with Gasteiger partial charge in [-0.1, -0.05) is 30.8 Å². The van der Waals surface area contributed by atoms with Gasteiger partial charge in [0.15, 0.2) is 0 Å². The first kappa shape index (κ1) is 19.7. The number of anilines is 5. The van der Waals surface area contributed by atoms with E-state index in [1.807, 2.05) is 54.7 Å². The maximum absolute atomic E-state index is 11.5. The Kier molecular flexibility index (Phi) is 5.90. The molecule has 0 aliphatic heterocycles. The quantitative estimate of drug-likeness (QED) is 0.385. The van der Waals surface area contributed by atoms with Crippen LogP contribution in [0.1, 0.15) is 0 Å². The Morgan fingerprint density at radius 2 is 1.58 bits per heavy atom. The van der Waals surface area contributed by atoms with E-state index in [1.165, 1.54) is 12.4 Å². The largest absolute Gasteiger partial charge is 0.324 e. The van der Waals surface area contributed by atoms with Crippen molar-refractivity contribution in [2.24, 2.45) is 0 Å². The predicted molar refractivity (Wildman–Crippen MR) is 121 cm³/mol. The third kappa shape index (κ3) is 5.27. The number of carbonyl (C=O) groups is 1. The fraction of sp³-hybridized carbons (Fsp3) is 0. The molecule has 0 bridgehead atoms. The lowest BCUT2D eigenvalue weighted by atomic mass is 10.1. The van der Waals surface area contributed by atoms with Crippen LogP contribution in [0.2, 0.25) is 0 Å². The average Bonchev–Trinajstić information content (AvgIpc) is 2.80. The lowest BCUT2D eigenvalue weighted by Gasteiger charge is -2.09. The second kappa shape index (κ2) is 9.27. The zero-order chi connectivity index (χ0) is 21.5. The van der Waals surface area contributed by atoms with Gasteiger partial charge in [-0.15, -0.1) is 0 Å². The van der Waals surface area contributed by atoms with Crippen LogP contribution < -0.4 is 16.0 Å². The first-order valence-corrected chi connectivity index (χ1v) is 9.47. The Hall–Kier alpha value is -4.59. The summed E-state index contributed by atoms with van der Waals surface area (Å²) in [5, 5.41) is 8.99. The first-order chi connectivity index (χ1) is 15.2. The number of carbonyl (C=O) groups excluding carboxylic acids is 1. The number of aromatic nitrogens is 4. The Morgan fingerprint density at radius 3 is 2.29 bits per heavy atom. The van der Waals surface area contributed by atoms with Gasteiger partial charge in [-0.2, -0.15) is 4.98 Å². The van der Waals surface area contributed by atoms with Crippen molar-refractivity contribution in [3.8, 4) is 11.1 Å². The summed E-state index contributed by atoms with van der Waals surface area (Å²) in [7, 11) is 0. The third-order valence-electron chi connectivity index (χ3n) is 4.28. The molecule has 0 fully saturated rings. The number of pyridine rings is 1. The fourth-order valence-electron chi connectivity index (χ4n) is 2.82. The topological polar surface area (TPSA) is 105 Å². The maximum Gasteiger partial charge on any atom is 0.247 e. The van der Waals surface area contributed by atoms with E-state index in [0.717, 1.165) is 22.5 Å². The monoisotopic (exact) mass is 409 g/mol. The fourth-order valence-corrected chi connectivity index (χ4v) is 2.82. The molecule has 2 aromatic carbocycles. The van der Waals surface area contributed by atoms with Crippen molar-refractivity contribution >= 4 is 34.9 Å². The molecule has 152 valence electrons. The minimum atomic E-state index is -0.279. The minimum Gasteiger partial charge on any atom is -0.324 e. The zero-order valence-electron chi connectivity index (χ0n) is 16.5. The molecule has 0 aliphatic carbocycles. The van der Waals surface area contributed by atoms with Crippen molar-refractivity contribution < 1.29 is 4.79 Å². The number of nitrogens with one attached hydrogen (secondary N) is 3. The van der Waals surface area contributed by atoms with E-state index in [0.29, 0.717) is 17.6 Å². The second-order valence-electron chi connectivity index (χ2n) is 6.48. The van der Waals surface area contributed by atoms with Crippen LogP contribution in [0.3, 0.4) is 0 Å². The van der Waals surface area contributed by atoms with Crippen molar-refractivity contribution in [3.63, 3.8) is 0 Å². The van der Waals surface area contributed by atoms with Crippen molar-refractivity contribution in [3.05, 3.63) is 92.0 Å². The summed E-state index contributed by atoms with van der Waals surface area (Å²) in [5.74, 6) is 0.498. The molecule has 8 heteroatoms. The first-order valence-electron chi connectivity index (χ1n) is 9.47. The van der Waals surface area contributed by atoms with Gasteiger partial charge in [-0.25, -0.2) is 9.97 Å². The van der Waals surface area contributed by atoms with Gasteiger partial charge in [0.2, 0.25) is 17.8 Å². The highest BCUT2D eigenvalue weighted by atomic mass is 16.1. The van der Waals surface area contributed by atoms with Crippen molar-refractivity contribution in [2.45, 2.75) is 0 Å². The van der Waals surface area contributed by atoms with Crippen LogP contribution in [-0.2, 0) is 4.79 Å². The molecular formula is C23H19N7O. The lowest BCUT2D eigenvalue weighted by molar-refractivity contribution is -0.111. The Balaban J connectivity index is 1.45. The van der Waals surface area contributed by atoms with Gasteiger partial charge in [-0.3, -0.25) is 9.78 Å². The van der Waals surface area contributed by atoms with Crippen LogP contribution in [-0.4, -0.2) is 25.8 Å². The highest BCUT2D eigenvalue weighted by molar-refractivity contribution is 5.99. The van der Waals surface area contributed by atoms with E-state index in [9.17, 15) is 4.79 Å². The van der Waals surface area contributed by atoms with Crippen molar-refractivity contribution in [1.29, 1.82) is 0 Å². The number of benzene rings is 2. The maximum atomic E-state index is 11.5. The molecule has 0 aliphatic rings. The molecule has 4 aromatic rings. The summed E-state index contributed by atoms with van der Waals surface area (Å²) in [4.78, 5) is 28.3. The molecule has 3 N–H and O–H groups in total. The molecule has 0 spiro atoms. The summed E-state index contributed by atoms with van der Waals surface area (Å²) in [6.07, 6.45) is 6.21. The number of nitrogens with zero attached hydrogens (tertiary/aromatic N) is 4. The number of rotatable bonds is 7. The summed E-state index contributed by atoms with van der Waals surface area (Å²) >= 11 is 0. The van der Waals surface area contributed by atoms with Gasteiger partial charge in [0, 0.05) is 29.5 Å². The zero-order valence-corrected chi connectivity index (χ0v) is 16.5. The van der Waals surface area contributed by atoms with Crippen LogP contribution in [0, 0.1) is 0 Å². The third-order valence-corrected chi connectivity index (χ3v) is 4.28. The van der Waals surface area contributed by atoms with Crippen molar-refractivity contribution in [2.75, 3.05) is 16.0 Å². The van der Waals surface area contributed by atoms with E-state index in [2.05, 4.69) is 42.5 Å². The van der Waals surface area contributed by atoms with Crippen LogP contribution in [0.4, 0.5) is 29.0 Å². The van der Waals surface area contributed by atoms with Gasteiger partial charge in [0.25, 0.3) is 0 Å². The molecule has 31 heavy (non-hydrogen) atoms.